The van der Waals surface area contributed by atoms with E-state index < -0.39 is 39.6 Å². The minimum atomic E-state index is -4.84. The van der Waals surface area contributed by atoms with Gasteiger partial charge in [-0.3, -0.25) is 29.2 Å². The van der Waals surface area contributed by atoms with Crippen molar-refractivity contribution in [2.24, 2.45) is 5.92 Å². The number of carboxylic acid groups (broad SMARTS) is 2. The lowest BCUT2D eigenvalue weighted by Gasteiger charge is -2.14. The van der Waals surface area contributed by atoms with Crippen molar-refractivity contribution in [2.75, 3.05) is 5.01 Å². The van der Waals surface area contributed by atoms with E-state index in [0.29, 0.717) is 12.1 Å². The SMILES string of the molecule is CCCCC1C(=O)NN(c2ccccc2)C1=O.O=C(O)CC(C(=O)O)S(=O)(=O)O. The topological polar surface area (TPSA) is 178 Å². The number of nitrogens with one attached hydrogen (secondary N) is 1. The molecule has 1 fully saturated rings. The summed E-state index contributed by atoms with van der Waals surface area (Å²) in [4.78, 5) is 43.8. The van der Waals surface area contributed by atoms with E-state index in [1.807, 2.05) is 25.1 Å². The van der Waals surface area contributed by atoms with Gasteiger partial charge in [-0.2, -0.15) is 8.42 Å². The zero-order valence-electron chi connectivity index (χ0n) is 15.5. The van der Waals surface area contributed by atoms with Crippen LogP contribution < -0.4 is 10.4 Å². The molecule has 1 aliphatic rings. The summed E-state index contributed by atoms with van der Waals surface area (Å²) >= 11 is 0. The second-order valence-corrected chi connectivity index (χ2v) is 7.72. The second kappa shape index (κ2) is 10.5. The third-order valence-corrected chi connectivity index (χ3v) is 5.00. The number of amides is 2. The van der Waals surface area contributed by atoms with Crippen LogP contribution in [0.15, 0.2) is 30.3 Å². The lowest BCUT2D eigenvalue weighted by molar-refractivity contribution is -0.143. The number of hydrazine groups is 1. The molecule has 1 aromatic rings. The first-order chi connectivity index (χ1) is 13.5. The molecule has 2 amide bonds. The first-order valence-electron chi connectivity index (χ1n) is 8.59. The maximum atomic E-state index is 12.1. The van der Waals surface area contributed by atoms with Gasteiger partial charge in [-0.15, -0.1) is 0 Å². The Labute approximate surface area is 167 Å². The van der Waals surface area contributed by atoms with Crippen molar-refractivity contribution in [3.8, 4) is 0 Å². The molecule has 1 saturated heterocycles. The van der Waals surface area contributed by atoms with Gasteiger partial charge < -0.3 is 10.2 Å². The number of aliphatic carboxylic acids is 2. The molecule has 0 spiro atoms. The fraction of sp³-hybridized carbons (Fsp3) is 0.412. The average molecular weight is 430 g/mol. The van der Waals surface area contributed by atoms with Crippen LogP contribution in [0, 0.1) is 5.92 Å². The van der Waals surface area contributed by atoms with Crippen molar-refractivity contribution in [2.45, 2.75) is 37.9 Å². The lowest BCUT2D eigenvalue weighted by atomic mass is 10.0. The molecule has 0 saturated carbocycles. The van der Waals surface area contributed by atoms with Crippen LogP contribution in [0.25, 0.3) is 0 Å². The molecule has 0 aliphatic carbocycles. The number of rotatable bonds is 8. The number of carbonyl (C=O) groups is 4. The second-order valence-electron chi connectivity index (χ2n) is 6.12. The van der Waals surface area contributed by atoms with Crippen molar-refractivity contribution >= 4 is 39.6 Å². The maximum Gasteiger partial charge on any atom is 0.325 e. The Kier molecular flexibility index (Phi) is 8.73. The van der Waals surface area contributed by atoms with Crippen LogP contribution in [0.2, 0.25) is 0 Å². The lowest BCUT2D eigenvalue weighted by Crippen LogP contribution is -2.35. The van der Waals surface area contributed by atoms with Crippen molar-refractivity contribution in [3.05, 3.63) is 30.3 Å². The molecule has 2 unspecified atom stereocenters. The van der Waals surface area contributed by atoms with Crippen molar-refractivity contribution in [1.29, 1.82) is 0 Å². The van der Waals surface area contributed by atoms with Crippen LogP contribution in [0.4, 0.5) is 5.69 Å². The molecule has 12 heteroatoms. The molecule has 1 aromatic carbocycles. The number of benzene rings is 1. The monoisotopic (exact) mass is 430 g/mol. The fourth-order valence-electron chi connectivity index (χ4n) is 2.42. The molecule has 160 valence electrons. The Morgan fingerprint density at radius 1 is 1.17 bits per heavy atom. The summed E-state index contributed by atoms with van der Waals surface area (Å²) in [5, 5.41) is 15.3. The largest absolute Gasteiger partial charge is 0.481 e. The Bertz CT molecular complexity index is 855. The summed E-state index contributed by atoms with van der Waals surface area (Å²) in [6, 6.07) is 9.17. The highest BCUT2D eigenvalue weighted by Crippen LogP contribution is 2.22. The maximum absolute atomic E-state index is 12.1. The summed E-state index contributed by atoms with van der Waals surface area (Å²) in [5.74, 6) is -4.35. The van der Waals surface area contributed by atoms with Crippen LogP contribution in [0.5, 0.6) is 0 Å². The van der Waals surface area contributed by atoms with Crippen LogP contribution in [-0.2, 0) is 29.3 Å². The first-order valence-corrected chi connectivity index (χ1v) is 10.1. The molecule has 2 rings (SSSR count). The van der Waals surface area contributed by atoms with Gasteiger partial charge in [0.25, 0.3) is 21.9 Å². The van der Waals surface area contributed by atoms with Crippen LogP contribution in [0.3, 0.4) is 0 Å². The Balaban J connectivity index is 0.000000311. The summed E-state index contributed by atoms with van der Waals surface area (Å²) < 4.78 is 28.7. The minimum absolute atomic E-state index is 0.144. The highest BCUT2D eigenvalue weighted by Gasteiger charge is 2.39. The molecule has 11 nitrogen and oxygen atoms in total. The molecule has 2 atom stereocenters. The smallest absolute Gasteiger partial charge is 0.325 e. The summed E-state index contributed by atoms with van der Waals surface area (Å²) in [7, 11) is -4.84. The Hall–Kier alpha value is -2.99. The summed E-state index contributed by atoms with van der Waals surface area (Å²) in [5.41, 5.74) is 3.34. The van der Waals surface area contributed by atoms with Gasteiger partial charge in [0, 0.05) is 0 Å². The predicted molar refractivity (Wildman–Crippen MR) is 100 cm³/mol. The molecule has 0 aromatic heterocycles. The zero-order chi connectivity index (χ0) is 22.2. The van der Waals surface area contributed by atoms with E-state index in [1.54, 1.807) is 12.1 Å². The number of unbranched alkanes of at least 4 members (excludes halogenated alkanes) is 1. The van der Waals surface area contributed by atoms with E-state index in [1.165, 1.54) is 5.01 Å². The number of carboxylic acids is 2. The molecule has 1 aliphatic heterocycles. The summed E-state index contributed by atoms with van der Waals surface area (Å²) in [6.45, 7) is 2.05. The number of para-hydroxylation sites is 1. The van der Waals surface area contributed by atoms with E-state index in [-0.39, 0.29) is 11.8 Å². The summed E-state index contributed by atoms with van der Waals surface area (Å²) in [6.07, 6.45) is 1.35. The van der Waals surface area contributed by atoms with Gasteiger partial charge in [0.1, 0.15) is 5.92 Å². The highest BCUT2D eigenvalue weighted by atomic mass is 32.2. The van der Waals surface area contributed by atoms with Gasteiger partial charge in [-0.1, -0.05) is 38.0 Å². The Morgan fingerprint density at radius 3 is 2.17 bits per heavy atom. The number of anilines is 1. The normalized spacial score (nSPS) is 17.2. The molecule has 0 bridgehead atoms. The minimum Gasteiger partial charge on any atom is -0.481 e. The van der Waals surface area contributed by atoms with Crippen molar-refractivity contribution in [1.82, 2.24) is 5.43 Å². The quantitative estimate of drug-likeness (QED) is 0.341. The number of hydrogen-bond donors (Lipinski definition) is 4. The zero-order valence-corrected chi connectivity index (χ0v) is 16.3. The van der Waals surface area contributed by atoms with Gasteiger partial charge in [-0.05, 0) is 18.6 Å². The molecular formula is C17H22N2O9S. The Morgan fingerprint density at radius 2 is 1.76 bits per heavy atom. The van der Waals surface area contributed by atoms with Gasteiger partial charge in [0.2, 0.25) is 0 Å². The van der Waals surface area contributed by atoms with Crippen LogP contribution in [0.1, 0.15) is 32.6 Å². The van der Waals surface area contributed by atoms with E-state index >= 15 is 0 Å². The highest BCUT2D eigenvalue weighted by molar-refractivity contribution is 7.87. The van der Waals surface area contributed by atoms with E-state index in [2.05, 4.69) is 5.43 Å². The molecular weight excluding hydrogens is 408 g/mol. The van der Waals surface area contributed by atoms with Gasteiger partial charge in [-0.25, -0.2) is 5.01 Å². The predicted octanol–water partition coefficient (Wildman–Crippen LogP) is 0.673. The van der Waals surface area contributed by atoms with E-state index in [0.717, 1.165) is 12.8 Å². The van der Waals surface area contributed by atoms with Crippen LogP contribution >= 0.6 is 0 Å². The standard InChI is InChI=1S/C13H16N2O2.C4H6O7S/c1-2-3-9-11-12(16)14-15(13(11)17)10-7-5-4-6-8-10;5-3(6)1-2(4(7)8)12(9,10)11/h4-8,11H,2-3,9H2,1H3,(H,14,16);2H,1H2,(H,5,6)(H,7,8)(H,9,10,11). The average Bonchev–Trinajstić information content (AvgIpc) is 2.92. The molecule has 4 N–H and O–H groups in total. The number of carbonyl (C=O) groups excluding carboxylic acids is 2. The fourth-order valence-corrected chi connectivity index (χ4v) is 3.03. The van der Waals surface area contributed by atoms with Crippen LogP contribution in [-0.4, -0.2) is 52.2 Å². The van der Waals surface area contributed by atoms with Crippen molar-refractivity contribution in [3.63, 3.8) is 0 Å². The molecule has 29 heavy (non-hydrogen) atoms. The third kappa shape index (κ3) is 7.16. The number of hydrogen-bond acceptors (Lipinski definition) is 6. The first kappa shape index (κ1) is 24.0. The van der Waals surface area contributed by atoms with Gasteiger partial charge in [0.05, 0.1) is 12.1 Å². The third-order valence-electron chi connectivity index (χ3n) is 3.91. The van der Waals surface area contributed by atoms with E-state index in [4.69, 9.17) is 14.8 Å². The van der Waals surface area contributed by atoms with E-state index in [9.17, 15) is 27.6 Å². The number of nitrogens with zero attached hydrogens (tertiary/aromatic N) is 1. The van der Waals surface area contributed by atoms with Crippen molar-refractivity contribution < 1.29 is 42.4 Å². The van der Waals surface area contributed by atoms with Gasteiger partial charge >= 0.3 is 11.9 Å². The molecule has 1 heterocycles. The molecule has 0 radical (unpaired) electrons. The van der Waals surface area contributed by atoms with Gasteiger partial charge in [0.15, 0.2) is 5.25 Å².